The van der Waals surface area contributed by atoms with E-state index in [1.54, 1.807) is 11.6 Å². The second-order valence-corrected chi connectivity index (χ2v) is 9.90. The molecule has 1 aliphatic rings. The number of hydroxylamine groups is 3. The first kappa shape index (κ1) is 29.8. The van der Waals surface area contributed by atoms with Crippen LogP contribution in [-0.2, 0) is 16.2 Å². The van der Waals surface area contributed by atoms with E-state index in [-0.39, 0.29) is 36.4 Å². The molecule has 1 aliphatic heterocycles. The van der Waals surface area contributed by atoms with Gasteiger partial charge < -0.3 is 14.1 Å². The van der Waals surface area contributed by atoms with Gasteiger partial charge in [-0.1, -0.05) is 12.1 Å². The Bertz CT molecular complexity index is 1590. The number of nitrogens with zero attached hydrogens (tertiary/aromatic N) is 7. The average Bonchev–Trinajstić information content (AvgIpc) is 3.55. The van der Waals surface area contributed by atoms with Gasteiger partial charge in [0.15, 0.2) is 0 Å². The first-order valence-electron chi connectivity index (χ1n) is 12.8. The Morgan fingerprint density at radius 2 is 1.67 bits per heavy atom. The van der Waals surface area contributed by atoms with Gasteiger partial charge >= 0.3 is 18.5 Å². The third-order valence-electron chi connectivity index (χ3n) is 6.64. The molecule has 0 bridgehead atoms. The van der Waals surface area contributed by atoms with Gasteiger partial charge in [-0.05, 0) is 48.9 Å². The summed E-state index contributed by atoms with van der Waals surface area (Å²) in [5.74, 6) is -1.82. The minimum Gasteiger partial charge on any atom is -0.413 e. The maximum absolute atomic E-state index is 12.6. The topological polar surface area (TPSA) is 108 Å². The van der Waals surface area contributed by atoms with Gasteiger partial charge in [0.05, 0.1) is 19.6 Å². The van der Waals surface area contributed by atoms with E-state index >= 15 is 0 Å². The smallest absolute Gasteiger partial charge is 0.413 e. The quantitative estimate of drug-likeness (QED) is 0.220. The molecule has 43 heavy (non-hydrogen) atoms. The number of anilines is 1. The van der Waals surface area contributed by atoms with Crippen molar-refractivity contribution < 1.29 is 49.8 Å². The number of halogens is 6. The summed E-state index contributed by atoms with van der Waals surface area (Å²) in [6.07, 6.45) is -9.86. The Kier molecular flexibility index (Phi) is 7.76. The molecule has 0 saturated carbocycles. The summed E-state index contributed by atoms with van der Waals surface area (Å²) in [5.41, 5.74) is 2.09. The minimum atomic E-state index is -5.05. The van der Waals surface area contributed by atoms with Gasteiger partial charge in [0.1, 0.15) is 31.7 Å². The molecule has 11 nitrogen and oxygen atoms in total. The Balaban J connectivity index is 1.23. The third-order valence-corrected chi connectivity index (χ3v) is 6.64. The highest BCUT2D eigenvalue weighted by Gasteiger charge is 2.47. The van der Waals surface area contributed by atoms with E-state index < -0.39 is 23.2 Å². The van der Waals surface area contributed by atoms with E-state index in [1.807, 2.05) is 29.2 Å². The highest BCUT2D eigenvalue weighted by atomic mass is 19.4. The number of benzene rings is 2. The van der Waals surface area contributed by atoms with E-state index in [2.05, 4.69) is 25.0 Å². The third kappa shape index (κ3) is 7.22. The number of hydrogen-bond acceptors (Lipinski definition) is 9. The number of hydrogen-bond donors (Lipinski definition) is 0. The van der Waals surface area contributed by atoms with Crippen LogP contribution in [0.2, 0.25) is 0 Å². The molecule has 2 aromatic carbocycles. The van der Waals surface area contributed by atoms with Gasteiger partial charge in [-0.15, -0.1) is 33.1 Å². The number of alkyl halides is 6. The van der Waals surface area contributed by atoms with Crippen molar-refractivity contribution in [1.82, 2.24) is 25.0 Å². The molecule has 0 radical (unpaired) electrons. The molecule has 0 atom stereocenters. The second-order valence-electron chi connectivity index (χ2n) is 9.90. The predicted molar refractivity (Wildman–Crippen MR) is 136 cm³/mol. The van der Waals surface area contributed by atoms with Crippen LogP contribution in [-0.4, -0.2) is 81.3 Å². The lowest BCUT2D eigenvalue weighted by Crippen LogP contribution is -2.59. The normalized spacial score (nSPS) is 15.4. The van der Waals surface area contributed by atoms with Crippen molar-refractivity contribution >= 4 is 11.7 Å². The van der Waals surface area contributed by atoms with Crippen LogP contribution in [0.5, 0.6) is 5.75 Å². The van der Waals surface area contributed by atoms with Crippen LogP contribution in [0.25, 0.3) is 23.2 Å². The fraction of sp³-hybridized carbons (Fsp3) is 0.346. The van der Waals surface area contributed by atoms with E-state index in [9.17, 15) is 31.1 Å². The van der Waals surface area contributed by atoms with Crippen molar-refractivity contribution in [3.63, 3.8) is 0 Å². The van der Waals surface area contributed by atoms with Crippen LogP contribution in [0.3, 0.4) is 0 Å². The molecule has 3 heterocycles. The van der Waals surface area contributed by atoms with Crippen molar-refractivity contribution in [3.05, 3.63) is 59.9 Å². The predicted octanol–water partition coefficient (Wildman–Crippen LogP) is 4.54. The molecular weight excluding hydrogens is 588 g/mol. The van der Waals surface area contributed by atoms with Crippen LogP contribution in [0.15, 0.2) is 52.9 Å². The summed E-state index contributed by atoms with van der Waals surface area (Å²) in [6, 6.07) is 12.5. The molecule has 0 unspecified atom stereocenters. The van der Waals surface area contributed by atoms with Crippen LogP contribution >= 0.6 is 0 Å². The maximum Gasteiger partial charge on any atom is 0.573 e. The number of carbonyl (C=O) groups is 1. The van der Waals surface area contributed by atoms with Gasteiger partial charge in [-0.2, -0.15) is 13.2 Å². The molecule has 0 aliphatic carbocycles. The molecule has 0 N–H and O–H groups in total. The highest BCUT2D eigenvalue weighted by Crippen LogP contribution is 2.28. The lowest BCUT2D eigenvalue weighted by Gasteiger charge is -2.39. The molecule has 0 amide bonds. The summed E-state index contributed by atoms with van der Waals surface area (Å²) < 4.78 is 85.8. The van der Waals surface area contributed by atoms with Crippen LogP contribution in [0.1, 0.15) is 11.4 Å². The summed E-state index contributed by atoms with van der Waals surface area (Å²) in [6.45, 7) is 3.16. The number of ether oxygens (including phenoxy) is 1. The fourth-order valence-corrected chi connectivity index (χ4v) is 4.40. The van der Waals surface area contributed by atoms with Gasteiger partial charge in [0, 0.05) is 11.3 Å². The van der Waals surface area contributed by atoms with Crippen molar-refractivity contribution in [2.45, 2.75) is 26.0 Å². The highest BCUT2D eigenvalue weighted by molar-refractivity contribution is 5.74. The number of rotatable bonds is 7. The Hall–Kier alpha value is -4.67. The number of aromatic nitrogens is 5. The lowest BCUT2D eigenvalue weighted by atomic mass is 10.1. The molecule has 0 spiro atoms. The molecule has 17 heteroatoms. The summed E-state index contributed by atoms with van der Waals surface area (Å²) in [4.78, 5) is 22.4. The average molecular weight is 613 g/mol. The molecule has 1 fully saturated rings. The lowest BCUT2D eigenvalue weighted by molar-refractivity contribution is -1.08. The van der Waals surface area contributed by atoms with E-state index in [0.717, 1.165) is 23.4 Å². The number of carbonyl (C=O) groups excluding carboxylic acids is 1. The standard InChI is InChI=1S/C26H24F6N7O4/c1-16-33-21(23-35-34-22(41-23)18-6-8-20(9-7-18)42-26(30,31)32)36-38(16)15-17-4-3-5-19(14-17)37-10-12-39(2,13-11-37)43-24(40)25(27,28)29/h3-9,14H,10-13,15H2,1-2H3/q+1. The van der Waals surface area contributed by atoms with E-state index in [0.29, 0.717) is 31.0 Å². The van der Waals surface area contributed by atoms with Gasteiger partial charge in [-0.3, -0.25) is 4.84 Å². The second kappa shape index (κ2) is 11.2. The molecule has 228 valence electrons. The molecular formula is C26H24F6N7O4+. The molecule has 4 aromatic rings. The van der Waals surface area contributed by atoms with Gasteiger partial charge in [0.2, 0.25) is 11.7 Å². The van der Waals surface area contributed by atoms with Gasteiger partial charge in [0.25, 0.3) is 5.89 Å². The minimum absolute atomic E-state index is 0.0157. The summed E-state index contributed by atoms with van der Waals surface area (Å²) >= 11 is 0. The zero-order valence-electron chi connectivity index (χ0n) is 22.7. The SMILES string of the molecule is Cc1nc(-c2nnc(-c3ccc(OC(F)(F)F)cc3)o2)nn1Cc1cccc(N2CC[N+](C)(OC(=O)C(F)(F)F)CC2)c1. The molecule has 1 saturated heterocycles. The summed E-state index contributed by atoms with van der Waals surface area (Å²) in [5, 5.41) is 12.3. The first-order valence-corrected chi connectivity index (χ1v) is 12.8. The van der Waals surface area contributed by atoms with E-state index in [4.69, 9.17) is 9.25 Å². The van der Waals surface area contributed by atoms with Crippen molar-refractivity contribution in [2.24, 2.45) is 0 Å². The van der Waals surface area contributed by atoms with Crippen LogP contribution in [0, 0.1) is 6.92 Å². The number of likely N-dealkylation sites (N-methyl/N-ethyl adjacent to an activating group) is 1. The number of piperazine rings is 1. The first-order chi connectivity index (χ1) is 20.2. The fourth-order valence-electron chi connectivity index (χ4n) is 4.40. The Morgan fingerprint density at radius 1 is 1.00 bits per heavy atom. The zero-order valence-corrected chi connectivity index (χ0v) is 22.7. The Morgan fingerprint density at radius 3 is 2.33 bits per heavy atom. The van der Waals surface area contributed by atoms with Gasteiger partial charge in [-0.25, -0.2) is 14.5 Å². The number of quaternary nitrogens is 1. The van der Waals surface area contributed by atoms with Crippen molar-refractivity contribution in [3.8, 4) is 28.9 Å². The largest absolute Gasteiger partial charge is 0.573 e. The zero-order chi connectivity index (χ0) is 31.0. The van der Waals surface area contributed by atoms with Crippen molar-refractivity contribution in [2.75, 3.05) is 38.1 Å². The van der Waals surface area contributed by atoms with Crippen LogP contribution < -0.4 is 9.64 Å². The summed E-state index contributed by atoms with van der Waals surface area (Å²) in [7, 11) is 1.44. The Labute approximate surface area is 239 Å². The monoisotopic (exact) mass is 612 g/mol. The van der Waals surface area contributed by atoms with E-state index in [1.165, 1.54) is 19.2 Å². The van der Waals surface area contributed by atoms with Crippen LogP contribution in [0.4, 0.5) is 32.0 Å². The number of aryl methyl sites for hydroxylation is 1. The van der Waals surface area contributed by atoms with Crippen molar-refractivity contribution in [1.29, 1.82) is 0 Å². The maximum atomic E-state index is 12.6. The molecule has 2 aromatic heterocycles. The molecule has 5 rings (SSSR count).